The van der Waals surface area contributed by atoms with Gasteiger partial charge in [-0.1, -0.05) is 0 Å². The maximum Gasteiger partial charge on any atom is 0.307 e. The van der Waals surface area contributed by atoms with Crippen molar-refractivity contribution in [3.8, 4) is 0 Å². The molecule has 0 aliphatic carbocycles. The summed E-state index contributed by atoms with van der Waals surface area (Å²) in [5, 5.41) is 10.9. The lowest BCUT2D eigenvalue weighted by Crippen LogP contribution is -2.29. The fraction of sp³-hybridized carbons (Fsp3) is 0.700. The fourth-order valence-electron chi connectivity index (χ4n) is 1.27. The van der Waals surface area contributed by atoms with Crippen molar-refractivity contribution in [2.75, 3.05) is 6.61 Å². The third kappa shape index (κ3) is 3.98. The lowest BCUT2D eigenvalue weighted by atomic mass is 10.2. The third-order valence-corrected chi connectivity index (χ3v) is 2.19. The molecule has 1 unspecified atom stereocenters. The lowest BCUT2D eigenvalue weighted by molar-refractivity contribution is -0.143. The number of ether oxygens (including phenoxy) is 1. The highest BCUT2D eigenvalue weighted by Gasteiger charge is 2.10. The molecule has 0 bridgehead atoms. The second kappa shape index (κ2) is 6.22. The Balaban J connectivity index is 2.27. The second-order valence-corrected chi connectivity index (χ2v) is 3.65. The summed E-state index contributed by atoms with van der Waals surface area (Å²) >= 11 is 0. The van der Waals surface area contributed by atoms with Crippen molar-refractivity contribution in [1.29, 1.82) is 0 Å². The van der Waals surface area contributed by atoms with E-state index in [1.54, 1.807) is 13.3 Å². The van der Waals surface area contributed by atoms with Crippen LogP contribution in [0.3, 0.4) is 0 Å². The number of nitrogens with zero attached hydrogens (tertiary/aromatic N) is 3. The molecule has 6 heteroatoms. The molecule has 1 heterocycles. The van der Waals surface area contributed by atoms with Crippen molar-refractivity contribution in [3.63, 3.8) is 0 Å². The topological polar surface area (TPSA) is 69.0 Å². The van der Waals surface area contributed by atoms with Gasteiger partial charge >= 0.3 is 5.97 Å². The van der Waals surface area contributed by atoms with E-state index in [4.69, 9.17) is 4.74 Å². The number of hydrogen-bond donors (Lipinski definition) is 1. The Morgan fingerprint density at radius 3 is 3.00 bits per heavy atom. The van der Waals surface area contributed by atoms with Crippen molar-refractivity contribution < 1.29 is 9.53 Å². The normalized spacial score (nSPS) is 12.4. The van der Waals surface area contributed by atoms with E-state index in [-0.39, 0.29) is 12.0 Å². The number of esters is 1. The molecular formula is C10H18N4O2. The highest BCUT2D eigenvalue weighted by Crippen LogP contribution is 1.97. The van der Waals surface area contributed by atoms with Crippen LogP contribution in [0.5, 0.6) is 0 Å². The van der Waals surface area contributed by atoms with Crippen LogP contribution in [0.1, 0.15) is 26.1 Å². The third-order valence-electron chi connectivity index (χ3n) is 2.19. The molecule has 0 fully saturated rings. The zero-order valence-corrected chi connectivity index (χ0v) is 9.93. The maximum absolute atomic E-state index is 11.2. The standard InChI is InChI=1S/C10H18N4O2/c1-4-16-10(15)5-8(2)11-6-9-13-12-7-14(9)3/h7-8,11H,4-6H2,1-3H3. The first-order valence-corrected chi connectivity index (χ1v) is 5.35. The fourth-order valence-corrected chi connectivity index (χ4v) is 1.27. The van der Waals surface area contributed by atoms with Gasteiger partial charge in [0.2, 0.25) is 0 Å². The summed E-state index contributed by atoms with van der Waals surface area (Å²) in [4.78, 5) is 11.2. The van der Waals surface area contributed by atoms with Gasteiger partial charge in [-0.25, -0.2) is 0 Å². The summed E-state index contributed by atoms with van der Waals surface area (Å²) < 4.78 is 6.70. The second-order valence-electron chi connectivity index (χ2n) is 3.65. The minimum absolute atomic E-state index is 0.0655. The molecule has 0 aliphatic rings. The SMILES string of the molecule is CCOC(=O)CC(C)NCc1nncn1C. The smallest absolute Gasteiger partial charge is 0.307 e. The highest BCUT2D eigenvalue weighted by molar-refractivity contribution is 5.69. The Kier molecular flexibility index (Phi) is 4.91. The zero-order valence-electron chi connectivity index (χ0n) is 9.93. The van der Waals surface area contributed by atoms with E-state index >= 15 is 0 Å². The Morgan fingerprint density at radius 2 is 2.44 bits per heavy atom. The van der Waals surface area contributed by atoms with E-state index in [1.807, 2.05) is 18.5 Å². The van der Waals surface area contributed by atoms with Gasteiger partial charge in [0.25, 0.3) is 0 Å². The van der Waals surface area contributed by atoms with Crippen molar-refractivity contribution in [2.24, 2.45) is 7.05 Å². The summed E-state index contributed by atoms with van der Waals surface area (Å²) in [6.45, 7) is 4.76. The molecule has 90 valence electrons. The largest absolute Gasteiger partial charge is 0.466 e. The molecule has 0 amide bonds. The van der Waals surface area contributed by atoms with Gasteiger partial charge in [-0.05, 0) is 13.8 Å². The number of carbonyl (C=O) groups excluding carboxylic acids is 1. The number of rotatable bonds is 6. The van der Waals surface area contributed by atoms with E-state index in [2.05, 4.69) is 15.5 Å². The van der Waals surface area contributed by atoms with Crippen LogP contribution >= 0.6 is 0 Å². The van der Waals surface area contributed by atoms with E-state index in [9.17, 15) is 4.79 Å². The molecule has 1 N–H and O–H groups in total. The predicted octanol–water partition coefficient (Wildman–Crippen LogP) is 0.246. The quantitative estimate of drug-likeness (QED) is 0.704. The molecule has 0 radical (unpaired) electrons. The van der Waals surface area contributed by atoms with Crippen molar-refractivity contribution in [1.82, 2.24) is 20.1 Å². The average Bonchev–Trinajstić information content (AvgIpc) is 2.61. The van der Waals surface area contributed by atoms with Crippen LogP contribution in [-0.2, 0) is 23.1 Å². The molecule has 6 nitrogen and oxygen atoms in total. The van der Waals surface area contributed by atoms with E-state index in [0.717, 1.165) is 5.82 Å². The van der Waals surface area contributed by atoms with Crippen molar-refractivity contribution in [3.05, 3.63) is 12.2 Å². The number of aromatic nitrogens is 3. The maximum atomic E-state index is 11.2. The molecule has 1 aromatic rings. The molecular weight excluding hydrogens is 208 g/mol. The Labute approximate surface area is 95.0 Å². The highest BCUT2D eigenvalue weighted by atomic mass is 16.5. The van der Waals surface area contributed by atoms with Crippen LogP contribution < -0.4 is 5.32 Å². The van der Waals surface area contributed by atoms with E-state index in [0.29, 0.717) is 19.6 Å². The lowest BCUT2D eigenvalue weighted by Gasteiger charge is -2.12. The van der Waals surface area contributed by atoms with E-state index < -0.39 is 0 Å². The number of aryl methyl sites for hydroxylation is 1. The Hall–Kier alpha value is -1.43. The van der Waals surface area contributed by atoms with Crippen molar-refractivity contribution in [2.45, 2.75) is 32.9 Å². The van der Waals surface area contributed by atoms with Crippen molar-refractivity contribution >= 4 is 5.97 Å². The number of hydrogen-bond acceptors (Lipinski definition) is 5. The molecule has 1 aromatic heterocycles. The van der Waals surface area contributed by atoms with Gasteiger partial charge in [0, 0.05) is 13.1 Å². The Bertz CT molecular complexity index is 337. The minimum Gasteiger partial charge on any atom is -0.466 e. The van der Waals surface area contributed by atoms with Gasteiger partial charge in [-0.15, -0.1) is 10.2 Å². The molecule has 0 saturated carbocycles. The first kappa shape index (κ1) is 12.6. The van der Waals surface area contributed by atoms with Gasteiger partial charge in [0.15, 0.2) is 0 Å². The summed E-state index contributed by atoms with van der Waals surface area (Å²) in [7, 11) is 1.88. The van der Waals surface area contributed by atoms with Gasteiger partial charge in [-0.3, -0.25) is 4.79 Å². The molecule has 0 aromatic carbocycles. The first-order chi connectivity index (χ1) is 7.63. The van der Waals surface area contributed by atoms with Gasteiger partial charge < -0.3 is 14.6 Å². The molecule has 1 rings (SSSR count). The van der Waals surface area contributed by atoms with Gasteiger partial charge in [-0.2, -0.15) is 0 Å². The van der Waals surface area contributed by atoms with Crippen LogP contribution in [0.25, 0.3) is 0 Å². The number of nitrogens with one attached hydrogen (secondary N) is 1. The summed E-state index contributed by atoms with van der Waals surface area (Å²) in [5.74, 6) is 0.663. The van der Waals surface area contributed by atoms with E-state index in [1.165, 1.54) is 0 Å². The monoisotopic (exact) mass is 226 g/mol. The number of carbonyl (C=O) groups is 1. The minimum atomic E-state index is -0.180. The van der Waals surface area contributed by atoms with Crippen LogP contribution in [0.15, 0.2) is 6.33 Å². The molecule has 16 heavy (non-hydrogen) atoms. The first-order valence-electron chi connectivity index (χ1n) is 5.35. The van der Waals surface area contributed by atoms with Gasteiger partial charge in [0.1, 0.15) is 12.2 Å². The summed E-state index contributed by atoms with van der Waals surface area (Å²) in [5.41, 5.74) is 0. The van der Waals surface area contributed by atoms with Crippen LogP contribution in [-0.4, -0.2) is 33.4 Å². The van der Waals surface area contributed by atoms with Crippen LogP contribution in [0, 0.1) is 0 Å². The Morgan fingerprint density at radius 1 is 1.69 bits per heavy atom. The van der Waals surface area contributed by atoms with Crippen LogP contribution in [0.2, 0.25) is 0 Å². The molecule has 0 aliphatic heterocycles. The summed E-state index contributed by atoms with van der Waals surface area (Å²) in [6, 6.07) is 0.0655. The average molecular weight is 226 g/mol. The predicted molar refractivity (Wildman–Crippen MR) is 58.6 cm³/mol. The zero-order chi connectivity index (χ0) is 12.0. The summed E-state index contributed by atoms with van der Waals surface area (Å²) in [6.07, 6.45) is 2.01. The van der Waals surface area contributed by atoms with Crippen LogP contribution in [0.4, 0.5) is 0 Å². The molecule has 1 atom stereocenters. The molecule has 0 spiro atoms. The van der Waals surface area contributed by atoms with Gasteiger partial charge in [0.05, 0.1) is 19.6 Å². The molecule has 0 saturated heterocycles.